The summed E-state index contributed by atoms with van der Waals surface area (Å²) in [6.07, 6.45) is 0. The van der Waals surface area contributed by atoms with E-state index in [-0.39, 0.29) is 12.4 Å². The minimum Gasteiger partial charge on any atom is -0.481 e. The molecular weight excluding hydrogens is 432 g/mol. The highest BCUT2D eigenvalue weighted by molar-refractivity contribution is 8.00. The van der Waals surface area contributed by atoms with Crippen LogP contribution in [0.5, 0.6) is 5.75 Å². The van der Waals surface area contributed by atoms with Gasteiger partial charge >= 0.3 is 0 Å². The molecule has 1 aromatic heterocycles. The van der Waals surface area contributed by atoms with Crippen molar-refractivity contribution in [2.75, 3.05) is 11.9 Å². The van der Waals surface area contributed by atoms with Gasteiger partial charge in [-0.05, 0) is 29.8 Å². The van der Waals surface area contributed by atoms with Gasteiger partial charge in [0.25, 0.3) is 5.91 Å². The Labute approximate surface area is 172 Å². The zero-order valence-corrected chi connectivity index (χ0v) is 16.8. The van der Waals surface area contributed by atoms with Gasteiger partial charge in [-0.3, -0.25) is 10.1 Å². The highest BCUT2D eigenvalue weighted by Gasteiger charge is 2.12. The number of anilines is 1. The number of aromatic nitrogens is 2. The number of nitrogens with zero attached hydrogens (tertiary/aromatic N) is 2. The van der Waals surface area contributed by atoms with Crippen molar-refractivity contribution >= 4 is 57.3 Å². The van der Waals surface area contributed by atoms with Crippen molar-refractivity contribution in [1.29, 1.82) is 0 Å². The molecule has 5 nitrogen and oxygen atoms in total. The second-order valence-electron chi connectivity index (χ2n) is 5.13. The number of carbonyl (C=O) groups is 1. The molecule has 3 rings (SSSR count). The number of hydrogen-bond acceptors (Lipinski definition) is 6. The molecule has 10 heteroatoms. The van der Waals surface area contributed by atoms with Gasteiger partial charge in [-0.2, -0.15) is 0 Å². The van der Waals surface area contributed by atoms with Crippen LogP contribution in [0, 0.1) is 5.82 Å². The van der Waals surface area contributed by atoms with Gasteiger partial charge in [0.1, 0.15) is 0 Å². The largest absolute Gasteiger partial charge is 0.481 e. The Bertz CT molecular complexity index is 935. The predicted molar refractivity (Wildman–Crippen MR) is 106 cm³/mol. The van der Waals surface area contributed by atoms with E-state index in [0.29, 0.717) is 25.3 Å². The van der Waals surface area contributed by atoms with Crippen molar-refractivity contribution < 1.29 is 13.9 Å². The second kappa shape index (κ2) is 9.36. The van der Waals surface area contributed by atoms with Crippen LogP contribution in [0.25, 0.3) is 0 Å². The fraction of sp³-hybridized carbons (Fsp3) is 0.118. The highest BCUT2D eigenvalue weighted by atomic mass is 35.5. The van der Waals surface area contributed by atoms with E-state index in [1.807, 2.05) is 0 Å². The molecule has 0 aliphatic carbocycles. The van der Waals surface area contributed by atoms with E-state index >= 15 is 0 Å². The van der Waals surface area contributed by atoms with Crippen molar-refractivity contribution in [3.8, 4) is 5.75 Å². The van der Waals surface area contributed by atoms with Crippen LogP contribution < -0.4 is 10.1 Å². The van der Waals surface area contributed by atoms with Crippen molar-refractivity contribution in [2.45, 2.75) is 10.1 Å². The van der Waals surface area contributed by atoms with Gasteiger partial charge in [-0.15, -0.1) is 10.2 Å². The first-order valence-electron chi connectivity index (χ1n) is 7.59. The number of amides is 1. The quantitative estimate of drug-likeness (QED) is 0.396. The predicted octanol–water partition coefficient (Wildman–Crippen LogP) is 5.29. The third kappa shape index (κ3) is 5.55. The van der Waals surface area contributed by atoms with Crippen molar-refractivity contribution in [3.05, 3.63) is 63.9 Å². The van der Waals surface area contributed by atoms with Crippen LogP contribution in [0.1, 0.15) is 5.56 Å². The van der Waals surface area contributed by atoms with Gasteiger partial charge in [0.2, 0.25) is 5.13 Å². The first-order valence-corrected chi connectivity index (χ1v) is 10.1. The molecule has 0 radical (unpaired) electrons. The number of thioether (sulfide) groups is 1. The SMILES string of the molecule is O=C(COc1ccccc1F)Nc1nnc(SCc2c(Cl)cccc2Cl)s1. The number of ether oxygens (including phenoxy) is 1. The molecule has 0 fully saturated rings. The number of halogens is 3. The number of hydrogen-bond donors (Lipinski definition) is 1. The summed E-state index contributed by atoms with van der Waals surface area (Å²) >= 11 is 14.9. The first kappa shape index (κ1) is 19.9. The molecule has 0 bridgehead atoms. The molecule has 1 heterocycles. The number of benzene rings is 2. The van der Waals surface area contributed by atoms with Crippen LogP contribution in [0.2, 0.25) is 10.0 Å². The molecule has 0 aliphatic rings. The maximum atomic E-state index is 13.5. The summed E-state index contributed by atoms with van der Waals surface area (Å²) in [5.41, 5.74) is 0.810. The molecule has 3 aromatic rings. The molecule has 0 atom stereocenters. The summed E-state index contributed by atoms with van der Waals surface area (Å²) in [5.74, 6) is -0.451. The number of rotatable bonds is 7. The second-order valence-corrected chi connectivity index (χ2v) is 8.14. The fourth-order valence-electron chi connectivity index (χ4n) is 1.98. The minimum atomic E-state index is -0.530. The Morgan fingerprint density at radius 2 is 1.89 bits per heavy atom. The van der Waals surface area contributed by atoms with Crippen LogP contribution in [-0.4, -0.2) is 22.7 Å². The van der Waals surface area contributed by atoms with Crippen molar-refractivity contribution in [2.24, 2.45) is 0 Å². The molecule has 0 saturated heterocycles. The standard InChI is InChI=1S/C17H12Cl2FN3O2S2/c18-11-4-3-5-12(19)10(11)9-26-17-23-22-16(27-17)21-15(24)8-25-14-7-2-1-6-13(14)20/h1-7H,8-9H2,(H,21,22,24). The maximum absolute atomic E-state index is 13.5. The molecule has 27 heavy (non-hydrogen) atoms. The molecule has 1 N–H and O–H groups in total. The molecule has 1 amide bonds. The average Bonchev–Trinajstić information content (AvgIpc) is 3.08. The lowest BCUT2D eigenvalue weighted by Crippen LogP contribution is -2.20. The Morgan fingerprint density at radius 1 is 1.15 bits per heavy atom. The van der Waals surface area contributed by atoms with E-state index in [1.165, 1.54) is 35.2 Å². The van der Waals surface area contributed by atoms with Gasteiger partial charge in [0.15, 0.2) is 22.5 Å². The molecule has 0 unspecified atom stereocenters. The lowest BCUT2D eigenvalue weighted by Gasteiger charge is -2.06. The number of nitrogens with one attached hydrogen (secondary N) is 1. The van der Waals surface area contributed by atoms with E-state index in [1.54, 1.807) is 30.3 Å². The van der Waals surface area contributed by atoms with Crippen LogP contribution in [0.4, 0.5) is 9.52 Å². The Morgan fingerprint density at radius 3 is 2.63 bits per heavy atom. The summed E-state index contributed by atoms with van der Waals surface area (Å²) in [6.45, 7) is -0.335. The summed E-state index contributed by atoms with van der Waals surface area (Å²) in [4.78, 5) is 11.9. The smallest absolute Gasteiger partial charge is 0.264 e. The maximum Gasteiger partial charge on any atom is 0.264 e. The normalized spacial score (nSPS) is 10.6. The van der Waals surface area contributed by atoms with Crippen LogP contribution in [0.3, 0.4) is 0 Å². The minimum absolute atomic E-state index is 0.0118. The van der Waals surface area contributed by atoms with E-state index in [9.17, 15) is 9.18 Å². The molecule has 0 aliphatic heterocycles. The summed E-state index contributed by atoms with van der Waals surface area (Å²) in [7, 11) is 0. The molecule has 0 spiro atoms. The third-order valence-electron chi connectivity index (χ3n) is 3.25. The zero-order valence-electron chi connectivity index (χ0n) is 13.6. The lowest BCUT2D eigenvalue weighted by atomic mass is 10.2. The summed E-state index contributed by atoms with van der Waals surface area (Å²) < 4.78 is 19.2. The number of carbonyl (C=O) groups excluding carboxylic acids is 1. The molecular formula is C17H12Cl2FN3O2S2. The van der Waals surface area contributed by atoms with Gasteiger partial charge in [-0.25, -0.2) is 4.39 Å². The lowest BCUT2D eigenvalue weighted by molar-refractivity contribution is -0.118. The Hall–Kier alpha value is -1.87. The van der Waals surface area contributed by atoms with Crippen LogP contribution in [-0.2, 0) is 10.5 Å². The van der Waals surface area contributed by atoms with Crippen LogP contribution >= 0.6 is 46.3 Å². The molecule has 2 aromatic carbocycles. The summed E-state index contributed by atoms with van der Waals surface area (Å²) in [6, 6.07) is 11.2. The van der Waals surface area contributed by atoms with Gasteiger partial charge < -0.3 is 4.74 Å². The molecule has 0 saturated carbocycles. The van der Waals surface area contributed by atoms with E-state index < -0.39 is 11.7 Å². The highest BCUT2D eigenvalue weighted by Crippen LogP contribution is 2.33. The topological polar surface area (TPSA) is 64.1 Å². The zero-order chi connectivity index (χ0) is 19.2. The average molecular weight is 444 g/mol. The van der Waals surface area contributed by atoms with E-state index in [0.717, 1.165) is 5.56 Å². The van der Waals surface area contributed by atoms with E-state index in [4.69, 9.17) is 27.9 Å². The third-order valence-corrected chi connectivity index (χ3v) is 5.96. The van der Waals surface area contributed by atoms with Gasteiger partial charge in [0, 0.05) is 15.8 Å². The van der Waals surface area contributed by atoms with Crippen LogP contribution in [0.15, 0.2) is 46.8 Å². The Balaban J connectivity index is 1.52. The molecule has 140 valence electrons. The Kier molecular flexibility index (Phi) is 6.89. The van der Waals surface area contributed by atoms with Crippen molar-refractivity contribution in [3.63, 3.8) is 0 Å². The summed E-state index contributed by atoms with van der Waals surface area (Å²) in [5, 5.41) is 12.0. The van der Waals surface area contributed by atoms with Gasteiger partial charge in [-0.1, -0.05) is 64.5 Å². The van der Waals surface area contributed by atoms with Crippen molar-refractivity contribution in [1.82, 2.24) is 10.2 Å². The van der Waals surface area contributed by atoms with E-state index in [2.05, 4.69) is 15.5 Å². The monoisotopic (exact) mass is 443 g/mol. The first-order chi connectivity index (χ1) is 13.0. The fourth-order valence-corrected chi connectivity index (χ4v) is 4.49. The number of para-hydroxylation sites is 1. The van der Waals surface area contributed by atoms with Gasteiger partial charge in [0.05, 0.1) is 0 Å².